The normalized spacial score (nSPS) is 11.9. The van der Waals surface area contributed by atoms with Crippen molar-refractivity contribution in [2.45, 2.75) is 4.90 Å². The summed E-state index contributed by atoms with van der Waals surface area (Å²) in [7, 11) is -7.36. The molecule has 0 atom stereocenters. The molecule has 0 aliphatic heterocycles. The lowest BCUT2D eigenvalue weighted by molar-refractivity contribution is -0.137. The maximum absolute atomic E-state index is 13.4. The number of primary sulfonamides is 1. The number of hydrogen-bond donors (Lipinski definition) is 2. The van der Waals surface area contributed by atoms with E-state index in [0.717, 1.165) is 19.2 Å². The largest absolute Gasteiger partial charge is 0.468 e. The minimum absolute atomic E-state index is 0.477. The Bertz CT molecular complexity index is 729. The van der Waals surface area contributed by atoms with Gasteiger partial charge in [-0.2, -0.15) is 0 Å². The molecule has 8 nitrogen and oxygen atoms in total. The first kappa shape index (κ1) is 16.3. The first-order valence-corrected chi connectivity index (χ1v) is 8.14. The number of hydrogen-bond acceptors (Lipinski definition) is 6. The number of anilines is 1. The zero-order chi connectivity index (χ0) is 15.6. The Labute approximate surface area is 114 Å². The van der Waals surface area contributed by atoms with Crippen molar-refractivity contribution < 1.29 is 30.8 Å². The Kier molecular flexibility index (Phi) is 4.68. The van der Waals surface area contributed by atoms with Gasteiger partial charge in [0, 0.05) is 0 Å². The molecule has 0 aliphatic rings. The Morgan fingerprint density at radius 2 is 1.95 bits per heavy atom. The second kappa shape index (κ2) is 5.73. The summed E-state index contributed by atoms with van der Waals surface area (Å²) in [5, 5.41) is 4.84. The molecule has 0 radical (unpaired) electrons. The number of methoxy groups -OCH3 is 1. The first-order valence-electron chi connectivity index (χ1n) is 4.95. The number of benzene rings is 1. The second-order valence-corrected chi connectivity index (χ2v) is 6.91. The van der Waals surface area contributed by atoms with Crippen molar-refractivity contribution >= 4 is 31.7 Å². The molecular formula is C9H11FN2O6S2. The second-order valence-electron chi connectivity index (χ2n) is 3.62. The average molecular weight is 326 g/mol. The van der Waals surface area contributed by atoms with Crippen molar-refractivity contribution in [3.8, 4) is 0 Å². The predicted octanol–water partition coefficient (Wildman–Crippen LogP) is -0.612. The molecule has 0 unspecified atom stereocenters. The summed E-state index contributed by atoms with van der Waals surface area (Å²) in [6.45, 7) is 0. The molecule has 1 aromatic carbocycles. The van der Waals surface area contributed by atoms with Crippen molar-refractivity contribution in [3.05, 3.63) is 24.0 Å². The van der Waals surface area contributed by atoms with Crippen LogP contribution in [-0.4, -0.2) is 35.7 Å². The Morgan fingerprint density at radius 3 is 2.45 bits per heavy atom. The lowest BCUT2D eigenvalue weighted by atomic mass is 10.3. The Hall–Kier alpha value is -1.72. The summed E-state index contributed by atoms with van der Waals surface area (Å²) in [5.74, 6) is -3.12. The molecule has 0 bridgehead atoms. The standard InChI is InChI=1S/C9H11FN2O6S2/c1-18-9(13)5-19(14,15)12-8-4-6(20(11,16)17)2-3-7(8)10/h2-4,12H,5H2,1H3,(H2,11,16,17). The van der Waals surface area contributed by atoms with E-state index in [9.17, 15) is 26.0 Å². The van der Waals surface area contributed by atoms with Crippen molar-refractivity contribution in [2.24, 2.45) is 5.14 Å². The Morgan fingerprint density at radius 1 is 1.35 bits per heavy atom. The number of ether oxygens (including phenoxy) is 1. The fraction of sp³-hybridized carbons (Fsp3) is 0.222. The maximum Gasteiger partial charge on any atom is 0.322 e. The van der Waals surface area contributed by atoms with Gasteiger partial charge in [0.25, 0.3) is 0 Å². The predicted molar refractivity (Wildman–Crippen MR) is 67.2 cm³/mol. The van der Waals surface area contributed by atoms with Crippen LogP contribution in [0.5, 0.6) is 0 Å². The van der Waals surface area contributed by atoms with Crippen LogP contribution in [0.2, 0.25) is 0 Å². The number of rotatable bonds is 5. The molecule has 0 fully saturated rings. The molecule has 1 rings (SSSR count). The monoisotopic (exact) mass is 326 g/mol. The van der Waals surface area contributed by atoms with E-state index in [1.165, 1.54) is 0 Å². The van der Waals surface area contributed by atoms with E-state index < -0.39 is 48.2 Å². The smallest absolute Gasteiger partial charge is 0.322 e. The third-order valence-corrected chi connectivity index (χ3v) is 4.13. The number of nitrogens with one attached hydrogen (secondary N) is 1. The fourth-order valence-corrected chi connectivity index (χ4v) is 2.71. The van der Waals surface area contributed by atoms with Crippen LogP contribution in [0, 0.1) is 5.82 Å². The molecule has 0 saturated carbocycles. The van der Waals surface area contributed by atoms with Gasteiger partial charge in [-0.1, -0.05) is 0 Å². The topological polar surface area (TPSA) is 133 Å². The molecule has 0 amide bonds. The minimum atomic E-state index is -4.23. The summed E-state index contributed by atoms with van der Waals surface area (Å²) >= 11 is 0. The van der Waals surface area contributed by atoms with E-state index in [4.69, 9.17) is 5.14 Å². The lowest BCUT2D eigenvalue weighted by Crippen LogP contribution is -2.24. The van der Waals surface area contributed by atoms with Crippen molar-refractivity contribution in [1.29, 1.82) is 0 Å². The summed E-state index contributed by atoms with van der Waals surface area (Å²) in [6.07, 6.45) is 0. The zero-order valence-corrected chi connectivity index (χ0v) is 11.8. The zero-order valence-electron chi connectivity index (χ0n) is 10.2. The van der Waals surface area contributed by atoms with Gasteiger partial charge in [0.1, 0.15) is 5.82 Å². The molecule has 0 aliphatic carbocycles. The number of carbonyl (C=O) groups is 1. The van der Waals surface area contributed by atoms with Gasteiger partial charge in [0.05, 0.1) is 17.7 Å². The molecule has 20 heavy (non-hydrogen) atoms. The third-order valence-electron chi connectivity index (χ3n) is 2.07. The summed E-state index contributed by atoms with van der Waals surface area (Å²) in [6, 6.07) is 2.32. The van der Waals surface area contributed by atoms with E-state index in [1.54, 1.807) is 4.72 Å². The van der Waals surface area contributed by atoms with Gasteiger partial charge >= 0.3 is 5.97 Å². The highest BCUT2D eigenvalue weighted by atomic mass is 32.2. The highest BCUT2D eigenvalue weighted by Crippen LogP contribution is 2.20. The molecular weight excluding hydrogens is 315 g/mol. The van der Waals surface area contributed by atoms with Crippen LogP contribution in [0.1, 0.15) is 0 Å². The quantitative estimate of drug-likeness (QED) is 0.693. The number of esters is 1. The summed E-state index contributed by atoms with van der Waals surface area (Å²) in [5.41, 5.74) is -0.638. The van der Waals surface area contributed by atoms with Crippen LogP contribution in [0.25, 0.3) is 0 Å². The van der Waals surface area contributed by atoms with Crippen molar-refractivity contribution in [1.82, 2.24) is 0 Å². The molecule has 0 heterocycles. The molecule has 1 aromatic rings. The van der Waals surface area contributed by atoms with E-state index in [0.29, 0.717) is 6.07 Å². The van der Waals surface area contributed by atoms with Crippen molar-refractivity contribution in [3.63, 3.8) is 0 Å². The maximum atomic E-state index is 13.4. The Balaban J connectivity index is 3.12. The molecule has 0 spiro atoms. The number of halogens is 1. The van der Waals surface area contributed by atoms with E-state index in [1.807, 2.05) is 0 Å². The average Bonchev–Trinajstić information content (AvgIpc) is 2.29. The lowest BCUT2D eigenvalue weighted by Gasteiger charge is -2.09. The number of sulfonamides is 2. The minimum Gasteiger partial charge on any atom is -0.468 e. The van der Waals surface area contributed by atoms with E-state index in [2.05, 4.69) is 4.74 Å². The first-order chi connectivity index (χ1) is 9.05. The van der Waals surface area contributed by atoms with Gasteiger partial charge in [0.15, 0.2) is 5.75 Å². The number of carbonyl (C=O) groups excluding carboxylic acids is 1. The molecule has 0 saturated heterocycles. The van der Waals surface area contributed by atoms with Gasteiger partial charge in [0.2, 0.25) is 20.0 Å². The van der Waals surface area contributed by atoms with Crippen LogP contribution in [0.3, 0.4) is 0 Å². The van der Waals surface area contributed by atoms with Gasteiger partial charge in [-0.05, 0) is 18.2 Å². The van der Waals surface area contributed by atoms with Crippen LogP contribution in [0.15, 0.2) is 23.1 Å². The molecule has 11 heteroatoms. The van der Waals surface area contributed by atoms with E-state index in [-0.39, 0.29) is 0 Å². The number of nitrogens with two attached hydrogens (primary N) is 1. The molecule has 0 aromatic heterocycles. The van der Waals surface area contributed by atoms with Gasteiger partial charge in [-0.15, -0.1) is 0 Å². The summed E-state index contributed by atoms with van der Waals surface area (Å²) in [4.78, 5) is 10.4. The van der Waals surface area contributed by atoms with Gasteiger partial charge < -0.3 is 4.74 Å². The fourth-order valence-electron chi connectivity index (χ4n) is 1.18. The molecule has 3 N–H and O–H groups in total. The van der Waals surface area contributed by atoms with Crippen LogP contribution < -0.4 is 9.86 Å². The molecule has 112 valence electrons. The highest BCUT2D eigenvalue weighted by molar-refractivity contribution is 7.93. The third kappa shape index (κ3) is 4.43. The van der Waals surface area contributed by atoms with Crippen LogP contribution >= 0.6 is 0 Å². The van der Waals surface area contributed by atoms with E-state index >= 15 is 0 Å². The van der Waals surface area contributed by atoms with Crippen molar-refractivity contribution in [2.75, 3.05) is 17.6 Å². The highest BCUT2D eigenvalue weighted by Gasteiger charge is 2.20. The van der Waals surface area contributed by atoms with Gasteiger partial charge in [-0.3, -0.25) is 9.52 Å². The van der Waals surface area contributed by atoms with Gasteiger partial charge in [-0.25, -0.2) is 26.4 Å². The SMILES string of the molecule is COC(=O)CS(=O)(=O)Nc1cc(S(N)(=O)=O)ccc1F. The van der Waals surface area contributed by atoms with Crippen LogP contribution in [0.4, 0.5) is 10.1 Å². The van der Waals surface area contributed by atoms with Crippen LogP contribution in [-0.2, 0) is 29.6 Å². The summed E-state index contributed by atoms with van der Waals surface area (Å²) < 4.78 is 64.6.